The van der Waals surface area contributed by atoms with Crippen LogP contribution in [0.2, 0.25) is 0 Å². The highest BCUT2D eigenvalue weighted by Crippen LogP contribution is 2.09. The Morgan fingerprint density at radius 1 is 1.37 bits per heavy atom. The van der Waals surface area contributed by atoms with Gasteiger partial charge in [0.25, 0.3) is 11.5 Å². The van der Waals surface area contributed by atoms with Gasteiger partial charge in [-0.05, 0) is 31.5 Å². The first kappa shape index (κ1) is 12.9. The van der Waals surface area contributed by atoms with E-state index in [0.29, 0.717) is 16.9 Å². The molecule has 0 radical (unpaired) electrons. The van der Waals surface area contributed by atoms with Gasteiger partial charge in [0.15, 0.2) is 0 Å². The maximum Gasteiger partial charge on any atom is 0.279 e. The monoisotopic (exact) mass is 258 g/mol. The zero-order valence-corrected chi connectivity index (χ0v) is 11.0. The molecule has 0 saturated heterocycles. The normalized spacial score (nSPS) is 10.3. The number of aromatic nitrogens is 3. The fourth-order valence-corrected chi connectivity index (χ4v) is 1.75. The molecule has 0 unspecified atom stereocenters. The minimum absolute atomic E-state index is 0.110. The highest BCUT2D eigenvalue weighted by molar-refractivity contribution is 6.05. The smallest absolute Gasteiger partial charge is 0.279 e. The van der Waals surface area contributed by atoms with Gasteiger partial charge in [0.05, 0.1) is 17.6 Å². The van der Waals surface area contributed by atoms with E-state index in [1.54, 1.807) is 32.2 Å². The third-order valence-electron chi connectivity index (χ3n) is 2.87. The third-order valence-corrected chi connectivity index (χ3v) is 2.87. The summed E-state index contributed by atoms with van der Waals surface area (Å²) in [6.45, 7) is 3.47. The minimum atomic E-state index is -0.448. The van der Waals surface area contributed by atoms with Crippen molar-refractivity contribution >= 4 is 11.6 Å². The van der Waals surface area contributed by atoms with Crippen molar-refractivity contribution in [1.29, 1.82) is 0 Å². The van der Waals surface area contributed by atoms with Gasteiger partial charge in [-0.1, -0.05) is 0 Å². The number of amides is 1. The Kier molecular flexibility index (Phi) is 3.41. The predicted octanol–water partition coefficient (Wildman–Crippen LogP) is 1.04. The van der Waals surface area contributed by atoms with E-state index in [1.165, 1.54) is 17.9 Å². The lowest BCUT2D eigenvalue weighted by atomic mass is 10.1. The molecular formula is C13H14N4O2. The van der Waals surface area contributed by atoms with Crippen molar-refractivity contribution in [2.75, 3.05) is 5.32 Å². The molecule has 2 rings (SSSR count). The molecule has 0 atom stereocenters. The van der Waals surface area contributed by atoms with Crippen LogP contribution in [0, 0.1) is 13.8 Å². The van der Waals surface area contributed by atoms with Crippen LogP contribution < -0.4 is 10.9 Å². The molecule has 0 saturated carbocycles. The number of rotatable bonds is 2. The number of carbonyl (C=O) groups excluding carboxylic acids is 1. The lowest BCUT2D eigenvalue weighted by Crippen LogP contribution is -2.31. The van der Waals surface area contributed by atoms with Gasteiger partial charge in [-0.25, -0.2) is 4.68 Å². The molecule has 0 aliphatic heterocycles. The minimum Gasteiger partial charge on any atom is -0.320 e. The maximum absolute atomic E-state index is 12.2. The van der Waals surface area contributed by atoms with Crippen LogP contribution >= 0.6 is 0 Å². The summed E-state index contributed by atoms with van der Waals surface area (Å²) in [6, 6.07) is 3.41. The van der Waals surface area contributed by atoms with Gasteiger partial charge < -0.3 is 5.32 Å². The summed E-state index contributed by atoms with van der Waals surface area (Å²) in [5.41, 5.74) is 1.48. The molecule has 19 heavy (non-hydrogen) atoms. The number of nitrogens with one attached hydrogen (secondary N) is 1. The van der Waals surface area contributed by atoms with E-state index in [1.807, 2.05) is 0 Å². The van der Waals surface area contributed by atoms with Crippen molar-refractivity contribution in [3.8, 4) is 0 Å². The summed E-state index contributed by atoms with van der Waals surface area (Å²) >= 11 is 0. The van der Waals surface area contributed by atoms with E-state index in [4.69, 9.17) is 0 Å². The predicted molar refractivity (Wildman–Crippen MR) is 71.1 cm³/mol. The fourth-order valence-electron chi connectivity index (χ4n) is 1.75. The van der Waals surface area contributed by atoms with Crippen LogP contribution in [-0.2, 0) is 7.05 Å². The van der Waals surface area contributed by atoms with Gasteiger partial charge in [0, 0.05) is 13.2 Å². The summed E-state index contributed by atoms with van der Waals surface area (Å²) in [6.07, 6.45) is 3.13. The Hall–Kier alpha value is -2.50. The average molecular weight is 258 g/mol. The van der Waals surface area contributed by atoms with E-state index < -0.39 is 11.5 Å². The van der Waals surface area contributed by atoms with Gasteiger partial charge >= 0.3 is 0 Å². The molecule has 2 heterocycles. The number of anilines is 1. The van der Waals surface area contributed by atoms with Crippen molar-refractivity contribution in [2.24, 2.45) is 7.05 Å². The van der Waals surface area contributed by atoms with Crippen molar-refractivity contribution in [3.05, 3.63) is 51.7 Å². The Morgan fingerprint density at radius 2 is 2.11 bits per heavy atom. The van der Waals surface area contributed by atoms with Crippen LogP contribution in [-0.4, -0.2) is 20.7 Å². The molecule has 0 fully saturated rings. The lowest BCUT2D eigenvalue weighted by molar-refractivity contribution is 0.102. The van der Waals surface area contributed by atoms with Crippen LogP contribution in [0.4, 0.5) is 5.69 Å². The fraction of sp³-hybridized carbons (Fsp3) is 0.231. The van der Waals surface area contributed by atoms with E-state index in [-0.39, 0.29) is 5.56 Å². The highest BCUT2D eigenvalue weighted by atomic mass is 16.2. The average Bonchev–Trinajstić information content (AvgIpc) is 2.38. The second-order valence-corrected chi connectivity index (χ2v) is 4.21. The number of carbonyl (C=O) groups is 1. The van der Waals surface area contributed by atoms with Gasteiger partial charge in [-0.2, -0.15) is 5.10 Å². The van der Waals surface area contributed by atoms with E-state index in [9.17, 15) is 9.59 Å². The van der Waals surface area contributed by atoms with Crippen molar-refractivity contribution in [1.82, 2.24) is 14.8 Å². The first-order valence-electron chi connectivity index (χ1n) is 5.76. The molecule has 6 nitrogen and oxygen atoms in total. The number of pyridine rings is 1. The van der Waals surface area contributed by atoms with E-state index in [2.05, 4.69) is 15.4 Å². The molecule has 2 aromatic rings. The molecule has 2 aromatic heterocycles. The number of hydrogen-bond acceptors (Lipinski definition) is 4. The summed E-state index contributed by atoms with van der Waals surface area (Å²) in [4.78, 5) is 28.1. The molecule has 0 spiro atoms. The Morgan fingerprint density at radius 3 is 2.74 bits per heavy atom. The highest BCUT2D eigenvalue weighted by Gasteiger charge is 2.17. The standard InChI is InChI=1S/C13H14N4O2/c1-8-9(2)16-17(3)13(19)11(8)12(18)15-10-5-4-6-14-7-10/h4-7H,1-3H3,(H,15,18). The molecular weight excluding hydrogens is 244 g/mol. The van der Waals surface area contributed by atoms with Gasteiger partial charge in [0.1, 0.15) is 5.56 Å². The molecule has 0 aliphatic carbocycles. The zero-order valence-electron chi connectivity index (χ0n) is 11.0. The summed E-state index contributed by atoms with van der Waals surface area (Å²) in [5, 5.41) is 6.69. The van der Waals surface area contributed by atoms with Crippen molar-refractivity contribution in [2.45, 2.75) is 13.8 Å². The first-order valence-corrected chi connectivity index (χ1v) is 5.76. The van der Waals surface area contributed by atoms with Crippen LogP contribution in [0.1, 0.15) is 21.6 Å². The Labute approximate surface area is 110 Å². The zero-order chi connectivity index (χ0) is 14.0. The molecule has 1 amide bonds. The number of nitrogens with zero attached hydrogens (tertiary/aromatic N) is 3. The van der Waals surface area contributed by atoms with Crippen LogP contribution in [0.5, 0.6) is 0 Å². The molecule has 1 N–H and O–H groups in total. The molecule has 0 aliphatic rings. The second-order valence-electron chi connectivity index (χ2n) is 4.21. The van der Waals surface area contributed by atoms with E-state index in [0.717, 1.165) is 0 Å². The van der Waals surface area contributed by atoms with Crippen LogP contribution in [0.25, 0.3) is 0 Å². The summed E-state index contributed by atoms with van der Waals surface area (Å²) in [5.74, 6) is -0.448. The lowest BCUT2D eigenvalue weighted by Gasteiger charge is -2.10. The quantitative estimate of drug-likeness (QED) is 0.873. The Balaban J connectivity index is 2.43. The van der Waals surface area contributed by atoms with Crippen LogP contribution in [0.15, 0.2) is 29.3 Å². The van der Waals surface area contributed by atoms with Crippen molar-refractivity contribution in [3.63, 3.8) is 0 Å². The Bertz CT molecular complexity index is 677. The van der Waals surface area contributed by atoms with Gasteiger partial charge in [-0.15, -0.1) is 0 Å². The molecule has 6 heteroatoms. The number of hydrogen-bond donors (Lipinski definition) is 1. The van der Waals surface area contributed by atoms with E-state index >= 15 is 0 Å². The maximum atomic E-state index is 12.2. The molecule has 98 valence electrons. The molecule has 0 aromatic carbocycles. The molecule has 0 bridgehead atoms. The summed E-state index contributed by atoms with van der Waals surface area (Å²) < 4.78 is 1.17. The first-order chi connectivity index (χ1) is 9.00. The van der Waals surface area contributed by atoms with Gasteiger partial charge in [-0.3, -0.25) is 14.6 Å². The third kappa shape index (κ3) is 2.52. The number of aryl methyl sites for hydroxylation is 2. The van der Waals surface area contributed by atoms with Crippen LogP contribution in [0.3, 0.4) is 0 Å². The summed E-state index contributed by atoms with van der Waals surface area (Å²) in [7, 11) is 1.52. The van der Waals surface area contributed by atoms with Gasteiger partial charge in [0.2, 0.25) is 0 Å². The second kappa shape index (κ2) is 5.01. The SMILES string of the molecule is Cc1nn(C)c(=O)c(C(=O)Nc2cccnc2)c1C. The van der Waals surface area contributed by atoms with Crippen molar-refractivity contribution < 1.29 is 4.79 Å². The largest absolute Gasteiger partial charge is 0.320 e. The topological polar surface area (TPSA) is 76.9 Å².